The van der Waals surface area contributed by atoms with Crippen molar-refractivity contribution in [2.75, 3.05) is 19.6 Å². The monoisotopic (exact) mass is 243 g/mol. The Morgan fingerprint density at radius 3 is 1.79 bits per heavy atom. The number of halogens is 2. The van der Waals surface area contributed by atoms with Crippen molar-refractivity contribution < 1.29 is 0 Å². The molecule has 3 N–H and O–H groups in total. The van der Waals surface area contributed by atoms with Crippen molar-refractivity contribution in [1.29, 1.82) is 5.41 Å². The van der Waals surface area contributed by atoms with Gasteiger partial charge in [0.05, 0.1) is 5.84 Å². The number of nitrogens with two attached hydrogens (primary N) is 1. The molecule has 0 heterocycles. The SMILES string of the molecule is CCCN(CCC)CCC(=N)N.Cl.Cl. The van der Waals surface area contributed by atoms with E-state index >= 15 is 0 Å². The van der Waals surface area contributed by atoms with Gasteiger partial charge < -0.3 is 10.6 Å². The van der Waals surface area contributed by atoms with Crippen LogP contribution in [0.2, 0.25) is 0 Å². The summed E-state index contributed by atoms with van der Waals surface area (Å²) in [6, 6.07) is 0. The van der Waals surface area contributed by atoms with Gasteiger partial charge >= 0.3 is 0 Å². The van der Waals surface area contributed by atoms with Crippen molar-refractivity contribution in [3.63, 3.8) is 0 Å². The van der Waals surface area contributed by atoms with E-state index in [0.717, 1.165) is 19.6 Å². The molecule has 0 aliphatic carbocycles. The Hall–Kier alpha value is 0.01000. The molecular weight excluding hydrogens is 221 g/mol. The van der Waals surface area contributed by atoms with E-state index in [9.17, 15) is 0 Å². The van der Waals surface area contributed by atoms with Gasteiger partial charge in [-0.3, -0.25) is 5.41 Å². The van der Waals surface area contributed by atoms with Crippen LogP contribution in [0.1, 0.15) is 33.1 Å². The Morgan fingerprint density at radius 1 is 1.07 bits per heavy atom. The fourth-order valence-electron chi connectivity index (χ4n) is 1.25. The molecule has 0 saturated carbocycles. The van der Waals surface area contributed by atoms with Gasteiger partial charge in [-0.05, 0) is 25.9 Å². The van der Waals surface area contributed by atoms with Crippen LogP contribution >= 0.6 is 24.8 Å². The standard InChI is InChI=1S/C9H21N3.2ClH/c1-3-6-12(7-4-2)8-5-9(10)11;;/h3-8H2,1-2H3,(H3,10,11);2*1H. The normalized spacial score (nSPS) is 9.07. The van der Waals surface area contributed by atoms with Gasteiger partial charge in [-0.2, -0.15) is 0 Å². The molecule has 0 fully saturated rings. The summed E-state index contributed by atoms with van der Waals surface area (Å²) in [6.07, 6.45) is 3.07. The summed E-state index contributed by atoms with van der Waals surface area (Å²) in [7, 11) is 0. The predicted molar refractivity (Wildman–Crippen MR) is 68.0 cm³/mol. The van der Waals surface area contributed by atoms with Crippen LogP contribution in [0.15, 0.2) is 0 Å². The quantitative estimate of drug-likeness (QED) is 0.533. The second-order valence-corrected chi connectivity index (χ2v) is 3.12. The number of nitrogens with zero attached hydrogens (tertiary/aromatic N) is 1. The summed E-state index contributed by atoms with van der Waals surface area (Å²) in [5.74, 6) is 0.298. The van der Waals surface area contributed by atoms with E-state index in [0.29, 0.717) is 12.3 Å². The first-order chi connectivity index (χ1) is 5.70. The fourth-order valence-corrected chi connectivity index (χ4v) is 1.25. The number of nitrogens with one attached hydrogen (secondary N) is 1. The van der Waals surface area contributed by atoms with Crippen LogP contribution in [0.5, 0.6) is 0 Å². The van der Waals surface area contributed by atoms with Crippen molar-refractivity contribution >= 4 is 30.6 Å². The summed E-state index contributed by atoms with van der Waals surface area (Å²) < 4.78 is 0. The largest absolute Gasteiger partial charge is 0.388 e. The topological polar surface area (TPSA) is 53.1 Å². The molecule has 3 nitrogen and oxygen atoms in total. The third kappa shape index (κ3) is 12.0. The van der Waals surface area contributed by atoms with E-state index in [2.05, 4.69) is 18.7 Å². The molecule has 0 amide bonds. The zero-order chi connectivity index (χ0) is 9.40. The van der Waals surface area contributed by atoms with Gasteiger partial charge in [-0.1, -0.05) is 13.8 Å². The minimum atomic E-state index is 0. The smallest absolute Gasteiger partial charge is 0.0918 e. The van der Waals surface area contributed by atoms with E-state index in [1.54, 1.807) is 0 Å². The maximum atomic E-state index is 7.10. The second-order valence-electron chi connectivity index (χ2n) is 3.12. The molecule has 5 heteroatoms. The molecule has 0 aliphatic heterocycles. The Bertz CT molecular complexity index is 125. The summed E-state index contributed by atoms with van der Waals surface area (Å²) in [5, 5.41) is 7.10. The molecule has 14 heavy (non-hydrogen) atoms. The van der Waals surface area contributed by atoms with Gasteiger partial charge in [0.15, 0.2) is 0 Å². The van der Waals surface area contributed by atoms with Gasteiger partial charge in [0.25, 0.3) is 0 Å². The predicted octanol–water partition coefficient (Wildman–Crippen LogP) is 2.28. The number of hydrogen-bond acceptors (Lipinski definition) is 2. The van der Waals surface area contributed by atoms with Crippen molar-refractivity contribution in [3.05, 3.63) is 0 Å². The highest BCUT2D eigenvalue weighted by molar-refractivity contribution is 5.85. The molecule has 0 radical (unpaired) electrons. The van der Waals surface area contributed by atoms with Crippen LogP contribution in [-0.4, -0.2) is 30.4 Å². The third-order valence-corrected chi connectivity index (χ3v) is 1.78. The van der Waals surface area contributed by atoms with Gasteiger partial charge in [0.2, 0.25) is 0 Å². The first kappa shape index (κ1) is 19.6. The lowest BCUT2D eigenvalue weighted by Crippen LogP contribution is -2.29. The maximum Gasteiger partial charge on any atom is 0.0918 e. The van der Waals surface area contributed by atoms with Crippen LogP contribution in [0, 0.1) is 5.41 Å². The molecule has 88 valence electrons. The zero-order valence-corrected chi connectivity index (χ0v) is 10.7. The van der Waals surface area contributed by atoms with E-state index in [-0.39, 0.29) is 24.8 Å². The first-order valence-corrected chi connectivity index (χ1v) is 4.76. The number of hydrogen-bond donors (Lipinski definition) is 2. The Kier molecular flexibility index (Phi) is 18.2. The molecule has 0 rings (SSSR count). The summed E-state index contributed by atoms with van der Waals surface area (Å²) in [6.45, 7) is 7.55. The molecule has 0 aromatic carbocycles. The van der Waals surface area contributed by atoms with Crippen LogP contribution in [-0.2, 0) is 0 Å². The van der Waals surface area contributed by atoms with Gasteiger partial charge in [-0.15, -0.1) is 24.8 Å². The third-order valence-electron chi connectivity index (χ3n) is 1.78. The van der Waals surface area contributed by atoms with Crippen LogP contribution in [0.3, 0.4) is 0 Å². The average molecular weight is 244 g/mol. The van der Waals surface area contributed by atoms with Gasteiger partial charge in [0, 0.05) is 13.0 Å². The van der Waals surface area contributed by atoms with Crippen molar-refractivity contribution in [2.24, 2.45) is 5.73 Å². The van der Waals surface area contributed by atoms with E-state index in [1.165, 1.54) is 12.8 Å². The van der Waals surface area contributed by atoms with E-state index in [4.69, 9.17) is 11.1 Å². The summed E-state index contributed by atoms with van der Waals surface area (Å²) >= 11 is 0. The molecule has 0 unspecified atom stereocenters. The lowest BCUT2D eigenvalue weighted by molar-refractivity contribution is 0.282. The molecule has 0 aliphatic rings. The van der Waals surface area contributed by atoms with Gasteiger partial charge in [-0.25, -0.2) is 0 Å². The number of rotatable bonds is 7. The van der Waals surface area contributed by atoms with Crippen LogP contribution in [0.4, 0.5) is 0 Å². The van der Waals surface area contributed by atoms with Crippen molar-refractivity contribution in [1.82, 2.24) is 4.90 Å². The Morgan fingerprint density at radius 2 is 1.50 bits per heavy atom. The zero-order valence-electron chi connectivity index (χ0n) is 9.08. The van der Waals surface area contributed by atoms with Crippen LogP contribution < -0.4 is 5.73 Å². The molecule has 0 aromatic rings. The first-order valence-electron chi connectivity index (χ1n) is 4.76. The minimum absolute atomic E-state index is 0. The Balaban J connectivity index is -0.000000605. The van der Waals surface area contributed by atoms with E-state index < -0.39 is 0 Å². The van der Waals surface area contributed by atoms with Crippen molar-refractivity contribution in [3.8, 4) is 0 Å². The highest BCUT2D eigenvalue weighted by Gasteiger charge is 2.01. The molecular formula is C9H23Cl2N3. The maximum absolute atomic E-state index is 7.10. The summed E-state index contributed by atoms with van der Waals surface area (Å²) in [5.41, 5.74) is 5.29. The Labute approximate surface area is 99.8 Å². The molecule has 0 atom stereocenters. The molecule has 0 aromatic heterocycles. The highest BCUT2D eigenvalue weighted by Crippen LogP contribution is 1.95. The minimum Gasteiger partial charge on any atom is -0.388 e. The lowest BCUT2D eigenvalue weighted by Gasteiger charge is -2.20. The highest BCUT2D eigenvalue weighted by atomic mass is 35.5. The molecule has 0 spiro atoms. The molecule has 0 bridgehead atoms. The fraction of sp³-hybridized carbons (Fsp3) is 0.889. The van der Waals surface area contributed by atoms with Gasteiger partial charge in [0.1, 0.15) is 0 Å². The van der Waals surface area contributed by atoms with Crippen LogP contribution in [0.25, 0.3) is 0 Å². The van der Waals surface area contributed by atoms with Crippen molar-refractivity contribution in [2.45, 2.75) is 33.1 Å². The lowest BCUT2D eigenvalue weighted by atomic mass is 10.3. The molecule has 0 saturated heterocycles. The number of amidine groups is 1. The second kappa shape index (κ2) is 13.0. The average Bonchev–Trinajstić information content (AvgIpc) is 2.01. The summed E-state index contributed by atoms with van der Waals surface area (Å²) in [4.78, 5) is 2.36. The van der Waals surface area contributed by atoms with E-state index in [1.807, 2.05) is 0 Å².